The summed E-state index contributed by atoms with van der Waals surface area (Å²) >= 11 is 0. The minimum absolute atomic E-state index is 0.00903. The Morgan fingerprint density at radius 3 is 3.00 bits per heavy atom. The van der Waals surface area contributed by atoms with E-state index in [4.69, 9.17) is 5.73 Å². The van der Waals surface area contributed by atoms with Gasteiger partial charge in [0.05, 0.1) is 0 Å². The van der Waals surface area contributed by atoms with Crippen molar-refractivity contribution in [3.05, 3.63) is 24.0 Å². The summed E-state index contributed by atoms with van der Waals surface area (Å²) in [5.41, 5.74) is 7.18. The zero-order valence-corrected chi connectivity index (χ0v) is 9.16. The minimum atomic E-state index is -0.0532. The topological polar surface area (TPSA) is 68.0 Å². The van der Waals surface area contributed by atoms with E-state index in [1.165, 1.54) is 0 Å². The molecule has 3 N–H and O–H groups in total. The van der Waals surface area contributed by atoms with E-state index < -0.39 is 0 Å². The van der Waals surface area contributed by atoms with Gasteiger partial charge in [-0.1, -0.05) is 6.92 Å². The molecule has 1 aromatic heterocycles. The highest BCUT2D eigenvalue weighted by Crippen LogP contribution is 2.13. The number of rotatable bonds is 4. The van der Waals surface area contributed by atoms with Crippen LogP contribution in [0.1, 0.15) is 18.9 Å². The molecule has 4 heteroatoms. The van der Waals surface area contributed by atoms with Gasteiger partial charge in [0, 0.05) is 24.0 Å². The van der Waals surface area contributed by atoms with Gasteiger partial charge in [-0.15, -0.1) is 0 Å². The number of aryl methyl sites for hydroxylation is 1. The molecule has 1 amide bonds. The fourth-order valence-corrected chi connectivity index (χ4v) is 1.25. The molecule has 15 heavy (non-hydrogen) atoms. The summed E-state index contributed by atoms with van der Waals surface area (Å²) in [5, 5.41) is 2.86. The van der Waals surface area contributed by atoms with Gasteiger partial charge in [-0.25, -0.2) is 0 Å². The third-order valence-electron chi connectivity index (χ3n) is 2.33. The molecule has 1 aromatic rings. The third-order valence-corrected chi connectivity index (χ3v) is 2.33. The van der Waals surface area contributed by atoms with Gasteiger partial charge in [0.15, 0.2) is 0 Å². The maximum Gasteiger partial charge on any atom is 0.227 e. The maximum atomic E-state index is 11.7. The number of carbonyl (C=O) groups excluding carboxylic acids is 1. The molecular weight excluding hydrogens is 190 g/mol. The van der Waals surface area contributed by atoms with Crippen LogP contribution in [0.4, 0.5) is 5.69 Å². The first-order valence-corrected chi connectivity index (χ1v) is 5.06. The molecule has 0 saturated heterocycles. The summed E-state index contributed by atoms with van der Waals surface area (Å²) < 4.78 is 0. The minimum Gasteiger partial charge on any atom is -0.330 e. The zero-order chi connectivity index (χ0) is 11.3. The predicted molar refractivity (Wildman–Crippen MR) is 60.4 cm³/mol. The molecule has 0 spiro atoms. The third kappa shape index (κ3) is 3.32. The molecule has 0 aliphatic carbocycles. The van der Waals surface area contributed by atoms with E-state index in [2.05, 4.69) is 10.3 Å². The Labute approximate surface area is 89.9 Å². The van der Waals surface area contributed by atoms with Gasteiger partial charge in [-0.2, -0.15) is 0 Å². The molecule has 1 unspecified atom stereocenters. The summed E-state index contributed by atoms with van der Waals surface area (Å²) in [4.78, 5) is 15.6. The number of nitrogens with zero attached hydrogens (tertiary/aromatic N) is 1. The zero-order valence-electron chi connectivity index (χ0n) is 9.16. The van der Waals surface area contributed by atoms with E-state index in [-0.39, 0.29) is 11.8 Å². The molecule has 1 rings (SSSR count). The number of nitrogens with two attached hydrogens (primary N) is 1. The lowest BCUT2D eigenvalue weighted by molar-refractivity contribution is -0.119. The summed E-state index contributed by atoms with van der Waals surface area (Å²) in [5.74, 6) is -0.0442. The summed E-state index contributed by atoms with van der Waals surface area (Å²) in [6.07, 6.45) is 4.09. The van der Waals surface area contributed by atoms with Gasteiger partial charge in [-0.3, -0.25) is 9.78 Å². The fraction of sp³-hybridized carbons (Fsp3) is 0.455. The van der Waals surface area contributed by atoms with E-state index in [1.54, 1.807) is 18.5 Å². The predicted octanol–water partition coefficient (Wildman–Crippen LogP) is 1.31. The van der Waals surface area contributed by atoms with Crippen LogP contribution in [0.15, 0.2) is 18.5 Å². The highest BCUT2D eigenvalue weighted by molar-refractivity contribution is 5.92. The first-order valence-electron chi connectivity index (χ1n) is 5.06. The van der Waals surface area contributed by atoms with Crippen molar-refractivity contribution in [2.24, 2.45) is 11.7 Å². The summed E-state index contributed by atoms with van der Waals surface area (Å²) in [6.45, 7) is 4.32. The Hall–Kier alpha value is -1.42. The molecule has 0 saturated carbocycles. The van der Waals surface area contributed by atoms with Gasteiger partial charge in [0.1, 0.15) is 0 Å². The van der Waals surface area contributed by atoms with E-state index in [1.807, 2.05) is 13.8 Å². The summed E-state index contributed by atoms with van der Waals surface area (Å²) in [6, 6.07) is 1.79. The largest absolute Gasteiger partial charge is 0.330 e. The van der Waals surface area contributed by atoms with E-state index in [0.717, 1.165) is 11.3 Å². The number of carbonyl (C=O) groups is 1. The lowest BCUT2D eigenvalue weighted by Crippen LogP contribution is -2.23. The van der Waals surface area contributed by atoms with Crippen LogP contribution in [-0.2, 0) is 4.79 Å². The molecule has 82 valence electrons. The van der Waals surface area contributed by atoms with Crippen molar-refractivity contribution in [2.45, 2.75) is 20.3 Å². The monoisotopic (exact) mass is 207 g/mol. The van der Waals surface area contributed by atoms with E-state index >= 15 is 0 Å². The van der Waals surface area contributed by atoms with Crippen molar-refractivity contribution < 1.29 is 4.79 Å². The number of nitrogens with one attached hydrogen (secondary N) is 1. The Kier molecular flexibility index (Phi) is 4.24. The highest BCUT2D eigenvalue weighted by atomic mass is 16.1. The van der Waals surface area contributed by atoms with E-state index in [9.17, 15) is 4.79 Å². The Balaban J connectivity index is 2.62. The summed E-state index contributed by atoms with van der Waals surface area (Å²) in [7, 11) is 0. The Bertz CT molecular complexity index is 338. The van der Waals surface area contributed by atoms with Crippen LogP contribution in [0.25, 0.3) is 0 Å². The lowest BCUT2D eigenvalue weighted by Gasteiger charge is -2.12. The quantitative estimate of drug-likeness (QED) is 0.782. The van der Waals surface area contributed by atoms with Crippen LogP contribution in [0.2, 0.25) is 0 Å². The van der Waals surface area contributed by atoms with Crippen molar-refractivity contribution in [2.75, 3.05) is 11.9 Å². The highest BCUT2D eigenvalue weighted by Gasteiger charge is 2.12. The molecule has 0 aromatic carbocycles. The molecule has 0 fully saturated rings. The average Bonchev–Trinajstić information content (AvgIpc) is 2.21. The van der Waals surface area contributed by atoms with Crippen molar-refractivity contribution in [3.63, 3.8) is 0 Å². The van der Waals surface area contributed by atoms with Crippen LogP contribution in [-0.4, -0.2) is 17.4 Å². The van der Waals surface area contributed by atoms with Crippen molar-refractivity contribution in [3.8, 4) is 0 Å². The molecule has 0 bridgehead atoms. The number of anilines is 1. The Morgan fingerprint density at radius 1 is 1.67 bits per heavy atom. The van der Waals surface area contributed by atoms with Gasteiger partial charge >= 0.3 is 0 Å². The van der Waals surface area contributed by atoms with Crippen LogP contribution in [0.3, 0.4) is 0 Å². The fourth-order valence-electron chi connectivity index (χ4n) is 1.25. The Morgan fingerprint density at radius 2 is 2.40 bits per heavy atom. The number of pyridine rings is 1. The second kappa shape index (κ2) is 5.46. The lowest BCUT2D eigenvalue weighted by atomic mass is 10.1. The number of aromatic nitrogens is 1. The molecule has 1 heterocycles. The van der Waals surface area contributed by atoms with Crippen LogP contribution in [0.5, 0.6) is 0 Å². The molecule has 0 aliphatic rings. The van der Waals surface area contributed by atoms with Crippen molar-refractivity contribution in [1.29, 1.82) is 0 Å². The number of hydrogen-bond acceptors (Lipinski definition) is 3. The van der Waals surface area contributed by atoms with Crippen molar-refractivity contribution in [1.82, 2.24) is 4.98 Å². The van der Waals surface area contributed by atoms with Crippen LogP contribution >= 0.6 is 0 Å². The van der Waals surface area contributed by atoms with Gasteiger partial charge in [-0.05, 0) is 31.5 Å². The molecular formula is C11H17N3O. The average molecular weight is 207 g/mol. The second-order valence-corrected chi connectivity index (χ2v) is 3.66. The first-order chi connectivity index (χ1) is 7.15. The number of hydrogen-bond donors (Lipinski definition) is 2. The van der Waals surface area contributed by atoms with Gasteiger partial charge in [0.2, 0.25) is 5.91 Å². The normalized spacial score (nSPS) is 12.2. The SMILES string of the molecule is Cc1cnccc1NC(=O)C(C)CCN. The smallest absolute Gasteiger partial charge is 0.227 e. The molecule has 4 nitrogen and oxygen atoms in total. The maximum absolute atomic E-state index is 11.7. The second-order valence-electron chi connectivity index (χ2n) is 3.66. The first kappa shape index (κ1) is 11.7. The van der Waals surface area contributed by atoms with Crippen molar-refractivity contribution >= 4 is 11.6 Å². The standard InChI is InChI=1S/C11H17N3O/c1-8(3-5-12)11(15)14-10-4-6-13-7-9(10)2/h4,6-8H,3,5,12H2,1-2H3,(H,13,14,15). The van der Waals surface area contributed by atoms with E-state index in [0.29, 0.717) is 13.0 Å². The molecule has 0 radical (unpaired) electrons. The number of amides is 1. The van der Waals surface area contributed by atoms with Crippen LogP contribution < -0.4 is 11.1 Å². The van der Waals surface area contributed by atoms with Gasteiger partial charge in [0.25, 0.3) is 0 Å². The van der Waals surface area contributed by atoms with Crippen LogP contribution in [0, 0.1) is 12.8 Å². The molecule has 1 atom stereocenters. The van der Waals surface area contributed by atoms with Gasteiger partial charge < -0.3 is 11.1 Å². The molecule has 0 aliphatic heterocycles.